The standard InChI is InChI=1S/C16H12BrNO4/c1-20-15-6-10(8-19)2-4-14(15)21-9-16-18-12-7-11(17)3-5-13(12)22-16/h2-8H,9H2,1H3. The van der Waals surface area contributed by atoms with Gasteiger partial charge in [-0.25, -0.2) is 4.98 Å². The lowest BCUT2D eigenvalue weighted by Crippen LogP contribution is -1.98. The molecule has 2 aromatic carbocycles. The summed E-state index contributed by atoms with van der Waals surface area (Å²) in [4.78, 5) is 15.1. The number of ether oxygens (including phenoxy) is 2. The molecule has 0 atom stereocenters. The summed E-state index contributed by atoms with van der Waals surface area (Å²) >= 11 is 3.39. The number of fused-ring (bicyclic) bond motifs is 1. The summed E-state index contributed by atoms with van der Waals surface area (Å²) in [5, 5.41) is 0. The van der Waals surface area contributed by atoms with Crippen LogP contribution in [0.15, 0.2) is 45.3 Å². The lowest BCUT2D eigenvalue weighted by Gasteiger charge is -2.09. The molecule has 0 fully saturated rings. The number of aldehydes is 1. The van der Waals surface area contributed by atoms with Crippen molar-refractivity contribution in [1.82, 2.24) is 4.98 Å². The van der Waals surface area contributed by atoms with Gasteiger partial charge in [-0.05, 0) is 36.4 Å². The van der Waals surface area contributed by atoms with Gasteiger partial charge in [-0.15, -0.1) is 0 Å². The van der Waals surface area contributed by atoms with E-state index in [4.69, 9.17) is 13.9 Å². The molecule has 0 unspecified atom stereocenters. The summed E-state index contributed by atoms with van der Waals surface area (Å²) in [5.74, 6) is 1.48. The zero-order valence-corrected chi connectivity index (χ0v) is 13.3. The highest BCUT2D eigenvalue weighted by Gasteiger charge is 2.10. The number of rotatable bonds is 5. The Morgan fingerprint density at radius 1 is 1.23 bits per heavy atom. The van der Waals surface area contributed by atoms with Gasteiger partial charge >= 0.3 is 0 Å². The van der Waals surface area contributed by atoms with E-state index in [0.29, 0.717) is 28.5 Å². The van der Waals surface area contributed by atoms with E-state index >= 15 is 0 Å². The summed E-state index contributed by atoms with van der Waals surface area (Å²) in [6.07, 6.45) is 0.755. The average molecular weight is 362 g/mol. The third-order valence-corrected chi connectivity index (χ3v) is 3.56. The van der Waals surface area contributed by atoms with Gasteiger partial charge in [0.05, 0.1) is 7.11 Å². The Labute approximate surface area is 135 Å². The normalized spacial score (nSPS) is 10.6. The first-order valence-electron chi connectivity index (χ1n) is 6.50. The number of methoxy groups -OCH3 is 1. The van der Waals surface area contributed by atoms with E-state index < -0.39 is 0 Å². The summed E-state index contributed by atoms with van der Waals surface area (Å²) in [6, 6.07) is 10.6. The van der Waals surface area contributed by atoms with E-state index in [9.17, 15) is 4.79 Å². The number of hydrogen-bond donors (Lipinski definition) is 0. The van der Waals surface area contributed by atoms with Crippen LogP contribution >= 0.6 is 15.9 Å². The van der Waals surface area contributed by atoms with Gasteiger partial charge in [0, 0.05) is 10.0 Å². The van der Waals surface area contributed by atoms with E-state index in [1.165, 1.54) is 7.11 Å². The molecule has 0 aliphatic heterocycles. The molecule has 0 amide bonds. The van der Waals surface area contributed by atoms with Crippen LogP contribution in [0.1, 0.15) is 16.2 Å². The predicted octanol–water partition coefficient (Wildman–Crippen LogP) is 3.99. The third kappa shape index (κ3) is 2.96. The van der Waals surface area contributed by atoms with Gasteiger partial charge in [0.2, 0.25) is 5.89 Å². The number of benzene rings is 2. The smallest absolute Gasteiger partial charge is 0.233 e. The third-order valence-electron chi connectivity index (χ3n) is 3.07. The first-order chi connectivity index (χ1) is 10.7. The first kappa shape index (κ1) is 14.6. The van der Waals surface area contributed by atoms with Crippen LogP contribution in [-0.4, -0.2) is 18.4 Å². The molecule has 0 saturated carbocycles. The van der Waals surface area contributed by atoms with Gasteiger partial charge in [-0.3, -0.25) is 4.79 Å². The zero-order valence-electron chi connectivity index (χ0n) is 11.7. The van der Waals surface area contributed by atoms with Crippen molar-refractivity contribution in [2.75, 3.05) is 7.11 Å². The zero-order chi connectivity index (χ0) is 15.5. The van der Waals surface area contributed by atoms with Gasteiger partial charge in [0.15, 0.2) is 23.7 Å². The van der Waals surface area contributed by atoms with E-state index in [0.717, 1.165) is 16.3 Å². The summed E-state index contributed by atoms with van der Waals surface area (Å²) in [7, 11) is 1.52. The van der Waals surface area contributed by atoms with Crippen LogP contribution in [-0.2, 0) is 6.61 Å². The fourth-order valence-electron chi connectivity index (χ4n) is 2.03. The molecule has 5 nitrogen and oxygen atoms in total. The second kappa shape index (κ2) is 6.19. The number of nitrogens with zero attached hydrogens (tertiary/aromatic N) is 1. The quantitative estimate of drug-likeness (QED) is 0.643. The maximum atomic E-state index is 10.8. The first-order valence-corrected chi connectivity index (χ1v) is 7.30. The molecule has 6 heteroatoms. The molecule has 0 saturated heterocycles. The second-order valence-electron chi connectivity index (χ2n) is 4.54. The van der Waals surface area contributed by atoms with Crippen LogP contribution in [0.25, 0.3) is 11.1 Å². The van der Waals surface area contributed by atoms with Crippen molar-refractivity contribution in [3.8, 4) is 11.5 Å². The van der Waals surface area contributed by atoms with Gasteiger partial charge in [0.25, 0.3) is 0 Å². The maximum Gasteiger partial charge on any atom is 0.233 e. The predicted molar refractivity (Wildman–Crippen MR) is 84.4 cm³/mol. The summed E-state index contributed by atoms with van der Waals surface area (Å²) in [5.41, 5.74) is 1.98. The van der Waals surface area contributed by atoms with Crippen LogP contribution in [0.5, 0.6) is 11.5 Å². The van der Waals surface area contributed by atoms with E-state index in [1.807, 2.05) is 18.2 Å². The fraction of sp³-hybridized carbons (Fsp3) is 0.125. The number of carbonyl (C=O) groups excluding carboxylic acids is 1. The second-order valence-corrected chi connectivity index (χ2v) is 5.45. The van der Waals surface area contributed by atoms with Crippen LogP contribution in [0.3, 0.4) is 0 Å². The maximum absolute atomic E-state index is 10.8. The number of oxazole rings is 1. The Morgan fingerprint density at radius 3 is 2.86 bits per heavy atom. The van der Waals surface area contributed by atoms with Crippen LogP contribution in [0.2, 0.25) is 0 Å². The number of aromatic nitrogens is 1. The fourth-order valence-corrected chi connectivity index (χ4v) is 2.38. The molecule has 1 aromatic heterocycles. The Morgan fingerprint density at radius 2 is 2.09 bits per heavy atom. The Balaban J connectivity index is 1.80. The van der Waals surface area contributed by atoms with Crippen molar-refractivity contribution in [2.24, 2.45) is 0 Å². The van der Waals surface area contributed by atoms with E-state index in [1.54, 1.807) is 18.2 Å². The van der Waals surface area contributed by atoms with Gasteiger partial charge in [-0.2, -0.15) is 0 Å². The van der Waals surface area contributed by atoms with Gasteiger partial charge in [0.1, 0.15) is 11.8 Å². The Hall–Kier alpha value is -2.34. The molecule has 0 aliphatic rings. The molecule has 1 heterocycles. The van der Waals surface area contributed by atoms with Gasteiger partial charge < -0.3 is 13.9 Å². The van der Waals surface area contributed by atoms with Crippen LogP contribution in [0, 0.1) is 0 Å². The summed E-state index contributed by atoms with van der Waals surface area (Å²) < 4.78 is 17.4. The van der Waals surface area contributed by atoms with Crippen molar-refractivity contribution in [3.63, 3.8) is 0 Å². The minimum absolute atomic E-state index is 0.170. The molecule has 3 rings (SSSR count). The van der Waals surface area contributed by atoms with Crippen molar-refractivity contribution < 1.29 is 18.7 Å². The average Bonchev–Trinajstić information content (AvgIpc) is 2.94. The highest BCUT2D eigenvalue weighted by Crippen LogP contribution is 2.29. The highest BCUT2D eigenvalue weighted by molar-refractivity contribution is 9.10. The van der Waals surface area contributed by atoms with Crippen molar-refractivity contribution >= 4 is 33.3 Å². The van der Waals surface area contributed by atoms with Crippen molar-refractivity contribution in [3.05, 3.63) is 52.3 Å². The molecule has 112 valence electrons. The molecule has 0 radical (unpaired) electrons. The highest BCUT2D eigenvalue weighted by atomic mass is 79.9. The molecule has 0 bridgehead atoms. The van der Waals surface area contributed by atoms with Crippen LogP contribution < -0.4 is 9.47 Å². The SMILES string of the molecule is COc1cc(C=O)ccc1OCc1nc2cc(Br)ccc2o1. The lowest BCUT2D eigenvalue weighted by atomic mass is 10.2. The van der Waals surface area contributed by atoms with E-state index in [-0.39, 0.29) is 6.61 Å². The molecule has 0 N–H and O–H groups in total. The van der Waals surface area contributed by atoms with Crippen molar-refractivity contribution in [2.45, 2.75) is 6.61 Å². The Kier molecular flexibility index (Phi) is 4.11. The molecular weight excluding hydrogens is 350 g/mol. The van der Waals surface area contributed by atoms with Gasteiger partial charge in [-0.1, -0.05) is 15.9 Å². The largest absolute Gasteiger partial charge is 0.493 e. The Bertz CT molecular complexity index is 828. The topological polar surface area (TPSA) is 61.6 Å². The van der Waals surface area contributed by atoms with Crippen molar-refractivity contribution in [1.29, 1.82) is 0 Å². The molecule has 3 aromatic rings. The van der Waals surface area contributed by atoms with Crippen LogP contribution in [0.4, 0.5) is 0 Å². The monoisotopic (exact) mass is 361 g/mol. The number of halogens is 1. The molecule has 0 aliphatic carbocycles. The minimum atomic E-state index is 0.170. The minimum Gasteiger partial charge on any atom is -0.493 e. The lowest BCUT2D eigenvalue weighted by molar-refractivity contribution is 0.112. The molecular formula is C16H12BrNO4. The number of hydrogen-bond acceptors (Lipinski definition) is 5. The summed E-state index contributed by atoms with van der Waals surface area (Å²) in [6.45, 7) is 0.170. The molecule has 22 heavy (non-hydrogen) atoms. The molecule has 0 spiro atoms. The van der Waals surface area contributed by atoms with E-state index in [2.05, 4.69) is 20.9 Å². The number of carbonyl (C=O) groups is 1.